The summed E-state index contributed by atoms with van der Waals surface area (Å²) < 4.78 is 46.2. The maximum Gasteiger partial charge on any atom is 0.481 e. The minimum absolute atomic E-state index is 0. The van der Waals surface area contributed by atoms with E-state index in [1.807, 2.05) is 13.8 Å². The van der Waals surface area contributed by atoms with E-state index in [0.717, 1.165) is 6.33 Å². The molecule has 3 aromatic rings. The number of hydrogen-bond acceptors (Lipinski definition) is 16. The van der Waals surface area contributed by atoms with Gasteiger partial charge in [-0.2, -0.15) is 8.88 Å². The molecule has 0 radical (unpaired) electrons. The van der Waals surface area contributed by atoms with E-state index in [4.69, 9.17) is 10.5 Å². The molecule has 13 N–H and O–H groups in total. The number of aryl methyl sites for hydroxylation is 1. The predicted molar refractivity (Wildman–Crippen MR) is 161 cm³/mol. The zero-order chi connectivity index (χ0) is 32.8. The van der Waals surface area contributed by atoms with Crippen molar-refractivity contribution in [2.75, 3.05) is 18.9 Å². The highest BCUT2D eigenvalue weighted by Crippen LogP contribution is 2.60. The highest BCUT2D eigenvalue weighted by Gasteiger charge is 2.46. The van der Waals surface area contributed by atoms with E-state index in [9.17, 15) is 44.4 Å². The molecule has 4 rings (SSSR count). The maximum atomic E-state index is 12.3. The molecule has 0 spiro atoms. The highest BCUT2D eigenvalue weighted by atomic mass is 31.3. The molecule has 24 heteroatoms. The summed E-state index contributed by atoms with van der Waals surface area (Å²) in [4.78, 5) is 35.5. The molecule has 4 heterocycles. The molecule has 0 bridgehead atoms. The Hall–Kier alpha value is -2.63. The fourth-order valence-electron chi connectivity index (χ4n) is 4.00. The van der Waals surface area contributed by atoms with E-state index in [1.54, 1.807) is 6.92 Å². The fraction of sp³-hybridized carbons (Fsp3) is 0.609. The first-order valence-electron chi connectivity index (χ1n) is 13.1. The Bertz CT molecular complexity index is 1490. The summed E-state index contributed by atoms with van der Waals surface area (Å²) >= 11 is 0. The standard InChI is InChI=1S/C20H29N7O13P2.C2H6.CH4.2H2O/c1-10-4-22-2-3-26(10)5-11(28)15(30)12(29)6-37-41(33,34)40-42(35,36)38-7-13-16(31)17(32)20(39-13)27-9-25-14-18(21)23-8-24-19(14)27;1-2;;;/h2-4,8-9,11-13,15-17,20,28-32H,5-7H2,1H3,(H3-,21,23,24,33,34,35,36);1-2H3;1H4;2*1H2/p+1/t11-,12+,13+,15-,16+,17+,20+;;;;/m0..../s1. The highest BCUT2D eigenvalue weighted by molar-refractivity contribution is 7.61. The lowest BCUT2D eigenvalue weighted by Crippen LogP contribution is -2.50. The van der Waals surface area contributed by atoms with E-state index in [1.165, 1.54) is 34.1 Å². The molecule has 1 aliphatic rings. The van der Waals surface area contributed by atoms with Gasteiger partial charge in [-0.3, -0.25) is 18.6 Å². The maximum absolute atomic E-state index is 12.3. The second-order valence-electron chi connectivity index (χ2n) is 9.23. The fourth-order valence-corrected chi connectivity index (χ4v) is 6.10. The Kier molecular flexibility index (Phi) is 17.7. The molecule has 1 aliphatic heterocycles. The topological polar surface area (TPSA) is 362 Å². The summed E-state index contributed by atoms with van der Waals surface area (Å²) in [7, 11) is -10.7. The molecular formula is C23H44N7O15P2+. The smallest absolute Gasteiger partial charge is 0.412 e. The van der Waals surface area contributed by atoms with Crippen LogP contribution < -0.4 is 10.3 Å². The second-order valence-corrected chi connectivity index (χ2v) is 12.3. The molecule has 0 aliphatic carbocycles. The van der Waals surface area contributed by atoms with Crippen molar-refractivity contribution in [2.45, 2.75) is 77.6 Å². The first-order valence-corrected chi connectivity index (χ1v) is 16.1. The van der Waals surface area contributed by atoms with E-state index in [-0.39, 0.29) is 41.9 Å². The molecule has 47 heavy (non-hydrogen) atoms. The van der Waals surface area contributed by atoms with Crippen LogP contribution in [0.4, 0.5) is 5.82 Å². The van der Waals surface area contributed by atoms with Crippen LogP contribution in [0, 0.1) is 6.92 Å². The predicted octanol–water partition coefficient (Wildman–Crippen LogP) is -2.93. The van der Waals surface area contributed by atoms with E-state index in [2.05, 4.69) is 33.3 Å². The number of rotatable bonds is 13. The number of aliphatic hydroxyl groups is 5. The number of aromatic nitrogens is 6. The van der Waals surface area contributed by atoms with Crippen molar-refractivity contribution in [3.8, 4) is 0 Å². The van der Waals surface area contributed by atoms with Gasteiger partial charge in [0.25, 0.3) is 0 Å². The van der Waals surface area contributed by atoms with Gasteiger partial charge in [0.2, 0.25) is 0 Å². The SMILES string of the molecule is C.CC.Cc1cncc[n+]1C[C@H](O)[C@H](O)[C@H](O)COP(=O)(O)OP(=O)(O)OC[C@H]1O[C@@H](n2cnc3c(N)ncnc32)[C@H](O)[C@@H]1O.O.O. The van der Waals surface area contributed by atoms with E-state index >= 15 is 0 Å². The van der Waals surface area contributed by atoms with Crippen LogP contribution in [0.5, 0.6) is 0 Å². The van der Waals surface area contributed by atoms with Crippen molar-refractivity contribution in [1.29, 1.82) is 0 Å². The summed E-state index contributed by atoms with van der Waals surface area (Å²) in [5.41, 5.74) is 6.74. The molecule has 22 nitrogen and oxygen atoms in total. The average molecular weight is 721 g/mol. The number of anilines is 1. The van der Waals surface area contributed by atoms with Gasteiger partial charge in [0, 0.05) is 6.92 Å². The molecule has 0 aromatic carbocycles. The van der Waals surface area contributed by atoms with Gasteiger partial charge < -0.3 is 56.7 Å². The van der Waals surface area contributed by atoms with Gasteiger partial charge in [-0.1, -0.05) is 21.3 Å². The molecule has 1 fully saturated rings. The third-order valence-electron chi connectivity index (χ3n) is 6.23. The second kappa shape index (κ2) is 18.8. The number of nitrogen functional groups attached to an aromatic ring is 1. The van der Waals surface area contributed by atoms with Gasteiger partial charge in [0.05, 0.1) is 31.9 Å². The molecule has 0 saturated carbocycles. The summed E-state index contributed by atoms with van der Waals surface area (Å²) in [6.07, 6.45) is -4.40. The summed E-state index contributed by atoms with van der Waals surface area (Å²) in [6, 6.07) is 0. The van der Waals surface area contributed by atoms with Crippen LogP contribution in [0.1, 0.15) is 33.2 Å². The molecular weight excluding hydrogens is 676 g/mol. The lowest BCUT2D eigenvalue weighted by atomic mass is 10.1. The zero-order valence-electron chi connectivity index (χ0n) is 24.8. The summed E-state index contributed by atoms with van der Waals surface area (Å²) in [6.45, 7) is 3.54. The van der Waals surface area contributed by atoms with E-state index in [0.29, 0.717) is 5.69 Å². The Morgan fingerprint density at radius 3 is 2.32 bits per heavy atom. The van der Waals surface area contributed by atoms with Crippen LogP contribution in [0.3, 0.4) is 0 Å². The average Bonchev–Trinajstić information content (AvgIpc) is 3.53. The Morgan fingerprint density at radius 1 is 1.04 bits per heavy atom. The number of fused-ring (bicyclic) bond motifs is 1. The first kappa shape index (κ1) is 44.4. The van der Waals surface area contributed by atoms with Gasteiger partial charge >= 0.3 is 15.6 Å². The molecule has 0 amide bonds. The normalized spacial score (nSPS) is 23.4. The third kappa shape index (κ3) is 11.2. The number of aliphatic hydroxyl groups excluding tert-OH is 5. The number of imidazole rings is 1. The Labute approximate surface area is 268 Å². The van der Waals surface area contributed by atoms with Crippen LogP contribution in [-0.4, -0.2) is 121 Å². The summed E-state index contributed by atoms with van der Waals surface area (Å²) in [5.74, 6) is 0.0536. The zero-order valence-corrected chi connectivity index (χ0v) is 26.6. The Morgan fingerprint density at radius 2 is 1.68 bits per heavy atom. The van der Waals surface area contributed by atoms with Crippen LogP contribution >= 0.6 is 15.6 Å². The van der Waals surface area contributed by atoms with Crippen molar-refractivity contribution in [3.05, 3.63) is 36.9 Å². The number of hydrogen-bond donors (Lipinski definition) is 8. The van der Waals surface area contributed by atoms with Crippen molar-refractivity contribution in [3.63, 3.8) is 0 Å². The first-order chi connectivity index (χ1) is 20.7. The summed E-state index contributed by atoms with van der Waals surface area (Å²) in [5, 5.41) is 51.3. The number of phosphoric acid groups is 2. The van der Waals surface area contributed by atoms with Crippen LogP contribution in [-0.2, 0) is 33.8 Å². The molecule has 3 aromatic heterocycles. The molecule has 2 unspecified atom stereocenters. The quantitative estimate of drug-likeness (QED) is 0.0646. The molecule has 9 atom stereocenters. The minimum atomic E-state index is -5.38. The number of phosphoric ester groups is 2. The number of ether oxygens (including phenoxy) is 1. The van der Waals surface area contributed by atoms with Gasteiger partial charge in [0.1, 0.15) is 48.5 Å². The molecule has 1 saturated heterocycles. The van der Waals surface area contributed by atoms with Crippen molar-refractivity contribution in [1.82, 2.24) is 24.5 Å². The lowest BCUT2D eigenvalue weighted by Gasteiger charge is -2.23. The number of nitrogens with zero attached hydrogens (tertiary/aromatic N) is 6. The minimum Gasteiger partial charge on any atom is -0.412 e. The largest absolute Gasteiger partial charge is 0.481 e. The van der Waals surface area contributed by atoms with Gasteiger partial charge in [-0.15, -0.1) is 0 Å². The van der Waals surface area contributed by atoms with Crippen molar-refractivity contribution in [2.24, 2.45) is 0 Å². The van der Waals surface area contributed by atoms with Gasteiger partial charge in [-0.25, -0.2) is 24.1 Å². The van der Waals surface area contributed by atoms with Crippen LogP contribution in [0.15, 0.2) is 31.2 Å². The monoisotopic (exact) mass is 720 g/mol. The van der Waals surface area contributed by atoms with Crippen molar-refractivity contribution < 1.29 is 78.1 Å². The van der Waals surface area contributed by atoms with Gasteiger partial charge in [0.15, 0.2) is 36.1 Å². The third-order valence-corrected chi connectivity index (χ3v) is 8.84. The Balaban J connectivity index is 0.00000415. The molecule has 270 valence electrons. The van der Waals surface area contributed by atoms with Crippen LogP contribution in [0.2, 0.25) is 0 Å². The van der Waals surface area contributed by atoms with E-state index < -0.39 is 71.7 Å². The lowest BCUT2D eigenvalue weighted by molar-refractivity contribution is -0.711. The number of nitrogens with two attached hydrogens (primary N) is 1. The van der Waals surface area contributed by atoms with Crippen molar-refractivity contribution >= 4 is 32.6 Å². The van der Waals surface area contributed by atoms with Crippen LogP contribution in [0.25, 0.3) is 11.2 Å². The van der Waals surface area contributed by atoms with Gasteiger partial charge in [-0.05, 0) is 0 Å².